The molecule has 32 heavy (non-hydrogen) atoms. The molecule has 174 valence electrons. The molecular weight excluding hydrogens is 447 g/mol. The molecule has 2 aromatic heterocycles. The van der Waals surface area contributed by atoms with Gasteiger partial charge in [0.15, 0.2) is 5.82 Å². The molecule has 2 aromatic rings. The molecule has 8 nitrogen and oxygen atoms in total. The molecule has 2 saturated heterocycles. The number of piperidine rings is 1. The fourth-order valence-corrected chi connectivity index (χ4v) is 4.61. The molecule has 0 aliphatic carbocycles. The van der Waals surface area contributed by atoms with Crippen LogP contribution in [-0.4, -0.2) is 61.9 Å². The summed E-state index contributed by atoms with van der Waals surface area (Å²) in [7, 11) is 0. The second-order valence-electron chi connectivity index (χ2n) is 7.88. The van der Waals surface area contributed by atoms with Crippen LogP contribution in [0.15, 0.2) is 17.5 Å². The maximum Gasteiger partial charge on any atom is 0.490 e. The van der Waals surface area contributed by atoms with Gasteiger partial charge in [-0.2, -0.15) is 18.3 Å². The van der Waals surface area contributed by atoms with E-state index in [-0.39, 0.29) is 11.4 Å². The first-order chi connectivity index (χ1) is 15.0. The van der Waals surface area contributed by atoms with Gasteiger partial charge in [-0.15, -0.1) is 16.4 Å². The zero-order valence-electron chi connectivity index (χ0n) is 17.7. The lowest BCUT2D eigenvalue weighted by Crippen LogP contribution is -2.53. The lowest BCUT2D eigenvalue weighted by atomic mass is 9.85. The van der Waals surface area contributed by atoms with E-state index in [1.165, 1.54) is 0 Å². The van der Waals surface area contributed by atoms with E-state index < -0.39 is 12.1 Å². The summed E-state index contributed by atoms with van der Waals surface area (Å²) in [6.45, 7) is 6.43. The van der Waals surface area contributed by atoms with Crippen molar-refractivity contribution >= 4 is 29.0 Å². The highest BCUT2D eigenvalue weighted by molar-refractivity contribution is 7.09. The molecule has 4 heterocycles. The van der Waals surface area contributed by atoms with Gasteiger partial charge in [0.25, 0.3) is 0 Å². The highest BCUT2D eigenvalue weighted by Gasteiger charge is 2.47. The summed E-state index contributed by atoms with van der Waals surface area (Å²) in [4.78, 5) is 30.3. The van der Waals surface area contributed by atoms with Crippen molar-refractivity contribution in [2.24, 2.45) is 0 Å². The van der Waals surface area contributed by atoms with Gasteiger partial charge < -0.3 is 14.9 Å². The molecular formula is C20H24F3N5O3S. The number of amides is 1. The predicted octanol–water partition coefficient (Wildman–Crippen LogP) is 3.34. The van der Waals surface area contributed by atoms with Gasteiger partial charge in [-0.25, -0.2) is 9.78 Å². The number of aromatic nitrogens is 3. The average molecular weight is 472 g/mol. The van der Waals surface area contributed by atoms with Crippen LogP contribution in [0.4, 0.5) is 19.0 Å². The van der Waals surface area contributed by atoms with E-state index in [4.69, 9.17) is 9.90 Å². The third-order valence-corrected chi connectivity index (χ3v) is 6.53. The Hall–Kier alpha value is -2.76. The van der Waals surface area contributed by atoms with Crippen molar-refractivity contribution in [1.82, 2.24) is 20.1 Å². The van der Waals surface area contributed by atoms with Crippen molar-refractivity contribution in [1.29, 1.82) is 0 Å². The monoisotopic (exact) mass is 471 g/mol. The van der Waals surface area contributed by atoms with Crippen LogP contribution in [0.2, 0.25) is 0 Å². The van der Waals surface area contributed by atoms with E-state index in [2.05, 4.69) is 30.4 Å². The molecule has 1 N–H and O–H groups in total. The standard InChI is InChI=1S/C18H23N5OS.C2HF3O2/c1-13-3-4-16(21-20-13)22-9-7-18(8-10-22)6-5-17(24)23(18)11-15-12-25-14(2)19-15;3-2(4,5)1(6)7/h3-4,12H,5-11H2,1-2H3;(H,6,7). The first kappa shape index (κ1) is 23.9. The molecule has 1 amide bonds. The molecule has 0 bridgehead atoms. The van der Waals surface area contributed by atoms with Crippen LogP contribution in [-0.2, 0) is 16.1 Å². The van der Waals surface area contributed by atoms with Crippen LogP contribution >= 0.6 is 11.3 Å². The highest BCUT2D eigenvalue weighted by atomic mass is 32.1. The number of hydrogen-bond donors (Lipinski definition) is 1. The van der Waals surface area contributed by atoms with Crippen molar-refractivity contribution in [3.8, 4) is 0 Å². The summed E-state index contributed by atoms with van der Waals surface area (Å²) in [6.07, 6.45) is -1.50. The van der Waals surface area contributed by atoms with Gasteiger partial charge in [-0.05, 0) is 45.2 Å². The molecule has 1 spiro atoms. The number of aryl methyl sites for hydroxylation is 2. The SMILES string of the molecule is Cc1ccc(N2CCC3(CCC(=O)N3Cc3csc(C)n3)CC2)nn1.O=C(O)C(F)(F)F. The summed E-state index contributed by atoms with van der Waals surface area (Å²) in [5.74, 6) is -1.55. The molecule has 4 rings (SSSR count). The smallest absolute Gasteiger partial charge is 0.475 e. The second-order valence-corrected chi connectivity index (χ2v) is 8.95. The van der Waals surface area contributed by atoms with Crippen LogP contribution in [0.5, 0.6) is 0 Å². The maximum atomic E-state index is 12.5. The van der Waals surface area contributed by atoms with Crippen LogP contribution in [0.25, 0.3) is 0 Å². The van der Waals surface area contributed by atoms with Crippen molar-refractivity contribution in [2.75, 3.05) is 18.0 Å². The van der Waals surface area contributed by atoms with Crippen LogP contribution in [0, 0.1) is 13.8 Å². The normalized spacial score (nSPS) is 18.0. The Morgan fingerprint density at radius 1 is 1.19 bits per heavy atom. The third kappa shape index (κ3) is 5.53. The minimum Gasteiger partial charge on any atom is -0.475 e. The molecule has 0 radical (unpaired) electrons. The van der Waals surface area contributed by atoms with Crippen molar-refractivity contribution in [3.63, 3.8) is 0 Å². The number of halogens is 3. The summed E-state index contributed by atoms with van der Waals surface area (Å²) >= 11 is 1.65. The molecule has 0 saturated carbocycles. The summed E-state index contributed by atoms with van der Waals surface area (Å²) in [5, 5.41) is 18.7. The Labute approximate surface area is 187 Å². The van der Waals surface area contributed by atoms with Crippen molar-refractivity contribution in [2.45, 2.75) is 57.8 Å². The number of carbonyl (C=O) groups excluding carboxylic acids is 1. The zero-order chi connectivity index (χ0) is 23.5. The summed E-state index contributed by atoms with van der Waals surface area (Å²) in [5.41, 5.74) is 1.94. The molecule has 2 fully saturated rings. The van der Waals surface area contributed by atoms with Crippen LogP contribution in [0.3, 0.4) is 0 Å². The topological polar surface area (TPSA) is 99.5 Å². The summed E-state index contributed by atoms with van der Waals surface area (Å²) < 4.78 is 31.7. The van der Waals surface area contributed by atoms with E-state index in [1.807, 2.05) is 26.0 Å². The number of carboxylic acids is 1. The maximum absolute atomic E-state index is 12.5. The van der Waals surface area contributed by atoms with E-state index in [9.17, 15) is 18.0 Å². The van der Waals surface area contributed by atoms with Gasteiger partial charge in [0.2, 0.25) is 5.91 Å². The number of likely N-dealkylation sites (tertiary alicyclic amines) is 1. The van der Waals surface area contributed by atoms with E-state index in [0.717, 1.165) is 54.6 Å². The fraction of sp³-hybridized carbons (Fsp3) is 0.550. The number of alkyl halides is 3. The van der Waals surface area contributed by atoms with Gasteiger partial charge >= 0.3 is 12.1 Å². The molecule has 0 unspecified atom stereocenters. The van der Waals surface area contributed by atoms with E-state index >= 15 is 0 Å². The first-order valence-electron chi connectivity index (χ1n) is 10.1. The quantitative estimate of drug-likeness (QED) is 0.733. The largest absolute Gasteiger partial charge is 0.490 e. The number of nitrogens with zero attached hydrogens (tertiary/aromatic N) is 5. The number of carboxylic acid groups (broad SMARTS) is 1. The van der Waals surface area contributed by atoms with Crippen molar-refractivity contribution < 1.29 is 27.9 Å². The van der Waals surface area contributed by atoms with Gasteiger partial charge in [0.1, 0.15) is 0 Å². The van der Waals surface area contributed by atoms with Gasteiger partial charge in [-0.1, -0.05) is 0 Å². The number of carbonyl (C=O) groups is 2. The molecule has 0 atom stereocenters. The zero-order valence-corrected chi connectivity index (χ0v) is 18.5. The second kappa shape index (κ2) is 9.39. The molecule has 2 aliphatic rings. The Bertz CT molecular complexity index is 956. The lowest BCUT2D eigenvalue weighted by Gasteiger charge is -2.45. The van der Waals surface area contributed by atoms with Gasteiger partial charge in [-0.3, -0.25) is 4.79 Å². The molecule has 12 heteroatoms. The van der Waals surface area contributed by atoms with Gasteiger partial charge in [0, 0.05) is 30.4 Å². The molecule has 2 aliphatic heterocycles. The predicted molar refractivity (Wildman–Crippen MR) is 111 cm³/mol. The average Bonchev–Trinajstić information content (AvgIpc) is 3.28. The Kier molecular flexibility index (Phi) is 7.01. The van der Waals surface area contributed by atoms with E-state index in [1.54, 1.807) is 11.3 Å². The van der Waals surface area contributed by atoms with Crippen molar-refractivity contribution in [3.05, 3.63) is 33.9 Å². The highest BCUT2D eigenvalue weighted by Crippen LogP contribution is 2.40. The number of rotatable bonds is 3. The van der Waals surface area contributed by atoms with Crippen LogP contribution < -0.4 is 4.90 Å². The molecule has 0 aromatic carbocycles. The Morgan fingerprint density at radius 3 is 2.34 bits per heavy atom. The number of anilines is 1. The Balaban J connectivity index is 0.000000360. The lowest BCUT2D eigenvalue weighted by molar-refractivity contribution is -0.192. The minimum atomic E-state index is -5.08. The van der Waals surface area contributed by atoms with Crippen LogP contribution in [0.1, 0.15) is 42.1 Å². The minimum absolute atomic E-state index is 0.0107. The first-order valence-corrected chi connectivity index (χ1v) is 10.9. The van der Waals surface area contributed by atoms with Gasteiger partial charge in [0.05, 0.1) is 22.9 Å². The number of hydrogen-bond acceptors (Lipinski definition) is 7. The van der Waals surface area contributed by atoms with E-state index in [0.29, 0.717) is 13.0 Å². The third-order valence-electron chi connectivity index (χ3n) is 5.71. The Morgan fingerprint density at radius 2 is 1.84 bits per heavy atom. The number of thiazole rings is 1. The summed E-state index contributed by atoms with van der Waals surface area (Å²) in [6, 6.07) is 4.04. The fourth-order valence-electron chi connectivity index (χ4n) is 4.01. The number of aliphatic carboxylic acids is 1.